The summed E-state index contributed by atoms with van der Waals surface area (Å²) in [5, 5.41) is 9.67. The first kappa shape index (κ1) is 14.1. The first-order valence-electron chi connectivity index (χ1n) is 7.22. The fourth-order valence-electron chi connectivity index (χ4n) is 3.34. The maximum absolute atomic E-state index is 11.8. The predicted octanol–water partition coefficient (Wildman–Crippen LogP) is 4.13. The minimum absolute atomic E-state index is 0.535. The Labute approximate surface area is 115 Å². The van der Waals surface area contributed by atoms with E-state index in [2.05, 4.69) is 39.0 Å². The number of aryl methyl sites for hydroxylation is 2. The Hall–Kier alpha value is -1.31. The van der Waals surface area contributed by atoms with E-state index in [1.165, 1.54) is 16.7 Å². The second-order valence-corrected chi connectivity index (χ2v) is 6.44. The van der Waals surface area contributed by atoms with E-state index in [1.807, 2.05) is 0 Å². The number of carboxylic acids is 1. The van der Waals surface area contributed by atoms with Gasteiger partial charge in [-0.05, 0) is 57.4 Å². The summed E-state index contributed by atoms with van der Waals surface area (Å²) >= 11 is 0. The van der Waals surface area contributed by atoms with Crippen LogP contribution >= 0.6 is 0 Å². The van der Waals surface area contributed by atoms with Crippen LogP contribution in [-0.2, 0) is 11.2 Å². The summed E-state index contributed by atoms with van der Waals surface area (Å²) in [6.07, 6.45) is 4.39. The lowest BCUT2D eigenvalue weighted by molar-refractivity contribution is -0.151. The standard InChI is InChI=1S/C17H24O2/c1-12-4-6-17(7-5-12,16(18)19)11-15-9-13(2)8-14(3)10-15/h8-10,12H,4-7,11H2,1-3H3,(H,18,19). The van der Waals surface area contributed by atoms with E-state index in [-0.39, 0.29) is 0 Å². The molecule has 0 saturated heterocycles. The van der Waals surface area contributed by atoms with Crippen LogP contribution in [0.15, 0.2) is 18.2 Å². The summed E-state index contributed by atoms with van der Waals surface area (Å²) in [5.74, 6) is 0.0604. The van der Waals surface area contributed by atoms with Gasteiger partial charge in [0.25, 0.3) is 0 Å². The average Bonchev–Trinajstić information content (AvgIpc) is 2.31. The summed E-state index contributed by atoms with van der Waals surface area (Å²) in [6.45, 7) is 6.38. The van der Waals surface area contributed by atoms with Crippen molar-refractivity contribution in [1.82, 2.24) is 0 Å². The van der Waals surface area contributed by atoms with E-state index < -0.39 is 11.4 Å². The summed E-state index contributed by atoms with van der Waals surface area (Å²) < 4.78 is 0. The van der Waals surface area contributed by atoms with Gasteiger partial charge in [0.1, 0.15) is 0 Å². The molecule has 0 heterocycles. The van der Waals surface area contributed by atoms with Gasteiger partial charge < -0.3 is 5.11 Å². The Kier molecular flexibility index (Phi) is 3.98. The molecular formula is C17H24O2. The maximum atomic E-state index is 11.8. The summed E-state index contributed by atoms with van der Waals surface area (Å²) in [6, 6.07) is 6.41. The average molecular weight is 260 g/mol. The number of carboxylic acid groups (broad SMARTS) is 1. The van der Waals surface area contributed by atoms with Crippen LogP contribution in [0.25, 0.3) is 0 Å². The number of aliphatic carboxylic acids is 1. The van der Waals surface area contributed by atoms with E-state index in [9.17, 15) is 9.90 Å². The molecule has 19 heavy (non-hydrogen) atoms. The molecule has 2 heteroatoms. The van der Waals surface area contributed by atoms with E-state index in [0.29, 0.717) is 12.3 Å². The Balaban J connectivity index is 2.24. The van der Waals surface area contributed by atoms with Crippen molar-refractivity contribution < 1.29 is 9.90 Å². The van der Waals surface area contributed by atoms with Crippen LogP contribution in [0.5, 0.6) is 0 Å². The number of benzene rings is 1. The Morgan fingerprint density at radius 1 is 1.21 bits per heavy atom. The summed E-state index contributed by atoms with van der Waals surface area (Å²) in [5.41, 5.74) is 3.08. The zero-order valence-electron chi connectivity index (χ0n) is 12.2. The fourth-order valence-corrected chi connectivity index (χ4v) is 3.34. The zero-order valence-corrected chi connectivity index (χ0v) is 12.2. The van der Waals surface area contributed by atoms with Crippen molar-refractivity contribution in [1.29, 1.82) is 0 Å². The van der Waals surface area contributed by atoms with Crippen molar-refractivity contribution in [2.45, 2.75) is 52.9 Å². The Morgan fingerprint density at radius 2 is 1.74 bits per heavy atom. The molecule has 0 spiro atoms. The van der Waals surface area contributed by atoms with Crippen LogP contribution in [0.3, 0.4) is 0 Å². The topological polar surface area (TPSA) is 37.3 Å². The molecule has 2 nitrogen and oxygen atoms in total. The predicted molar refractivity (Wildman–Crippen MR) is 77.3 cm³/mol. The van der Waals surface area contributed by atoms with Crippen molar-refractivity contribution >= 4 is 5.97 Å². The molecule has 1 fully saturated rings. The fraction of sp³-hybridized carbons (Fsp3) is 0.588. The first-order valence-corrected chi connectivity index (χ1v) is 7.22. The van der Waals surface area contributed by atoms with Crippen molar-refractivity contribution in [3.8, 4) is 0 Å². The third-order valence-corrected chi connectivity index (χ3v) is 4.51. The highest BCUT2D eigenvalue weighted by Gasteiger charge is 2.41. The molecule has 1 saturated carbocycles. The van der Waals surface area contributed by atoms with Crippen LogP contribution in [0.1, 0.15) is 49.3 Å². The smallest absolute Gasteiger partial charge is 0.309 e. The molecule has 1 N–H and O–H groups in total. The zero-order chi connectivity index (χ0) is 14.0. The quantitative estimate of drug-likeness (QED) is 0.887. The van der Waals surface area contributed by atoms with Gasteiger partial charge in [0, 0.05) is 0 Å². The van der Waals surface area contributed by atoms with Crippen LogP contribution in [0, 0.1) is 25.2 Å². The van der Waals surface area contributed by atoms with E-state index in [1.54, 1.807) is 0 Å². The molecule has 1 aromatic carbocycles. The van der Waals surface area contributed by atoms with Gasteiger partial charge in [-0.15, -0.1) is 0 Å². The molecule has 0 unspecified atom stereocenters. The van der Waals surface area contributed by atoms with Gasteiger partial charge in [-0.1, -0.05) is 36.2 Å². The largest absolute Gasteiger partial charge is 0.481 e. The molecule has 0 amide bonds. The molecule has 2 rings (SSSR count). The van der Waals surface area contributed by atoms with Gasteiger partial charge in [-0.2, -0.15) is 0 Å². The monoisotopic (exact) mass is 260 g/mol. The van der Waals surface area contributed by atoms with E-state index in [0.717, 1.165) is 25.7 Å². The second kappa shape index (κ2) is 5.36. The molecule has 0 bridgehead atoms. The number of hydrogen-bond acceptors (Lipinski definition) is 1. The molecule has 104 valence electrons. The first-order chi connectivity index (χ1) is 8.91. The normalized spacial score (nSPS) is 27.2. The van der Waals surface area contributed by atoms with Crippen molar-refractivity contribution in [2.24, 2.45) is 11.3 Å². The van der Waals surface area contributed by atoms with Gasteiger partial charge >= 0.3 is 5.97 Å². The lowest BCUT2D eigenvalue weighted by Crippen LogP contribution is -2.37. The third kappa shape index (κ3) is 3.17. The van der Waals surface area contributed by atoms with Crippen LogP contribution in [0.2, 0.25) is 0 Å². The van der Waals surface area contributed by atoms with Crippen molar-refractivity contribution in [3.63, 3.8) is 0 Å². The van der Waals surface area contributed by atoms with E-state index >= 15 is 0 Å². The highest BCUT2D eigenvalue weighted by molar-refractivity contribution is 5.75. The van der Waals surface area contributed by atoms with Crippen LogP contribution in [-0.4, -0.2) is 11.1 Å². The molecule has 1 aliphatic rings. The number of rotatable bonds is 3. The number of hydrogen-bond donors (Lipinski definition) is 1. The molecule has 1 aliphatic carbocycles. The Bertz CT molecular complexity index is 448. The molecule has 0 atom stereocenters. The molecule has 1 aromatic rings. The lowest BCUT2D eigenvalue weighted by Gasteiger charge is -2.36. The van der Waals surface area contributed by atoms with Gasteiger partial charge in [0.2, 0.25) is 0 Å². The summed E-state index contributed by atoms with van der Waals surface area (Å²) in [7, 11) is 0. The molecule has 0 aromatic heterocycles. The third-order valence-electron chi connectivity index (χ3n) is 4.51. The lowest BCUT2D eigenvalue weighted by atomic mass is 9.67. The molecular weight excluding hydrogens is 236 g/mol. The highest BCUT2D eigenvalue weighted by Crippen LogP contribution is 2.41. The molecule has 0 aliphatic heterocycles. The minimum Gasteiger partial charge on any atom is -0.481 e. The van der Waals surface area contributed by atoms with E-state index in [4.69, 9.17) is 0 Å². The molecule has 0 radical (unpaired) electrons. The van der Waals surface area contributed by atoms with Gasteiger partial charge in [0.05, 0.1) is 5.41 Å². The Morgan fingerprint density at radius 3 is 2.21 bits per heavy atom. The summed E-state index contributed by atoms with van der Waals surface area (Å²) in [4.78, 5) is 11.8. The van der Waals surface area contributed by atoms with Gasteiger partial charge in [-0.25, -0.2) is 0 Å². The minimum atomic E-state index is -0.612. The number of carbonyl (C=O) groups is 1. The SMILES string of the molecule is Cc1cc(C)cc(CC2(C(=O)O)CCC(C)CC2)c1. The highest BCUT2D eigenvalue weighted by atomic mass is 16.4. The van der Waals surface area contributed by atoms with Crippen molar-refractivity contribution in [3.05, 3.63) is 34.9 Å². The van der Waals surface area contributed by atoms with Crippen LogP contribution in [0.4, 0.5) is 0 Å². The van der Waals surface area contributed by atoms with Gasteiger partial charge in [0.15, 0.2) is 0 Å². The van der Waals surface area contributed by atoms with Crippen LogP contribution < -0.4 is 0 Å². The van der Waals surface area contributed by atoms with Gasteiger partial charge in [-0.3, -0.25) is 4.79 Å². The van der Waals surface area contributed by atoms with Crippen molar-refractivity contribution in [2.75, 3.05) is 0 Å². The maximum Gasteiger partial charge on any atom is 0.309 e. The second-order valence-electron chi connectivity index (χ2n) is 6.44.